The van der Waals surface area contributed by atoms with Crippen LogP contribution in [0.15, 0.2) is 40.9 Å². The maximum Gasteiger partial charge on any atom is 0.321 e. The Labute approximate surface area is 110 Å². The fourth-order valence-corrected chi connectivity index (χ4v) is 1.82. The van der Waals surface area contributed by atoms with E-state index in [9.17, 15) is 0 Å². The van der Waals surface area contributed by atoms with Crippen LogP contribution in [0.25, 0.3) is 22.4 Å². The highest BCUT2D eigenvalue weighted by Gasteiger charge is 2.09. The van der Waals surface area contributed by atoms with Crippen molar-refractivity contribution in [1.82, 2.24) is 15.1 Å². The molecule has 96 valence electrons. The molecule has 2 aromatic heterocycles. The van der Waals surface area contributed by atoms with Gasteiger partial charge in [-0.3, -0.25) is 0 Å². The molecule has 0 spiro atoms. The summed E-state index contributed by atoms with van der Waals surface area (Å²) in [5, 5.41) is 8.08. The smallest absolute Gasteiger partial charge is 0.321 e. The average molecular weight is 254 g/mol. The highest BCUT2D eigenvalue weighted by Crippen LogP contribution is 2.19. The third-order valence-electron chi connectivity index (χ3n) is 2.78. The number of hydrogen-bond acceptors (Lipinski definition) is 5. The SMILES string of the molecule is CCCNc1nc(-c2ccc3ccccc3n2)no1. The van der Waals surface area contributed by atoms with Crippen molar-refractivity contribution in [1.29, 1.82) is 0 Å². The van der Waals surface area contributed by atoms with E-state index in [0.29, 0.717) is 17.5 Å². The number of aromatic nitrogens is 3. The number of pyridine rings is 1. The predicted octanol–water partition coefficient (Wildman–Crippen LogP) is 3.11. The van der Waals surface area contributed by atoms with Crippen molar-refractivity contribution in [2.24, 2.45) is 0 Å². The van der Waals surface area contributed by atoms with E-state index >= 15 is 0 Å². The van der Waals surface area contributed by atoms with Gasteiger partial charge in [-0.05, 0) is 18.6 Å². The van der Waals surface area contributed by atoms with Crippen LogP contribution in [0.1, 0.15) is 13.3 Å². The number of benzene rings is 1. The molecule has 0 amide bonds. The second kappa shape index (κ2) is 5.06. The van der Waals surface area contributed by atoms with Crippen LogP contribution < -0.4 is 5.32 Å². The fourth-order valence-electron chi connectivity index (χ4n) is 1.82. The van der Waals surface area contributed by atoms with Gasteiger partial charge in [0.05, 0.1) is 5.52 Å². The topological polar surface area (TPSA) is 63.8 Å². The Morgan fingerprint density at radius 2 is 2.00 bits per heavy atom. The van der Waals surface area contributed by atoms with Crippen molar-refractivity contribution in [2.45, 2.75) is 13.3 Å². The molecule has 1 aromatic carbocycles. The van der Waals surface area contributed by atoms with Crippen LogP contribution in [-0.4, -0.2) is 21.7 Å². The van der Waals surface area contributed by atoms with Crippen molar-refractivity contribution in [2.75, 3.05) is 11.9 Å². The first kappa shape index (κ1) is 11.6. The number of rotatable bonds is 4. The molecule has 0 atom stereocenters. The van der Waals surface area contributed by atoms with E-state index < -0.39 is 0 Å². The maximum absolute atomic E-state index is 5.12. The number of para-hydroxylation sites is 1. The van der Waals surface area contributed by atoms with Crippen molar-refractivity contribution >= 4 is 16.9 Å². The van der Waals surface area contributed by atoms with E-state index in [1.165, 1.54) is 0 Å². The van der Waals surface area contributed by atoms with Gasteiger partial charge in [-0.1, -0.05) is 36.3 Å². The Morgan fingerprint density at radius 1 is 1.11 bits per heavy atom. The molecule has 0 aliphatic carbocycles. The molecule has 0 fully saturated rings. The van der Waals surface area contributed by atoms with Crippen LogP contribution >= 0.6 is 0 Å². The van der Waals surface area contributed by atoms with E-state index in [1.54, 1.807) is 0 Å². The van der Waals surface area contributed by atoms with Crippen LogP contribution in [0.5, 0.6) is 0 Å². The van der Waals surface area contributed by atoms with Gasteiger partial charge >= 0.3 is 6.01 Å². The molecule has 2 heterocycles. The van der Waals surface area contributed by atoms with Gasteiger partial charge in [0.25, 0.3) is 0 Å². The molecule has 0 saturated heterocycles. The summed E-state index contributed by atoms with van der Waals surface area (Å²) in [6.45, 7) is 2.89. The molecule has 1 N–H and O–H groups in total. The predicted molar refractivity (Wildman–Crippen MR) is 73.8 cm³/mol. The van der Waals surface area contributed by atoms with Gasteiger partial charge in [0.15, 0.2) is 0 Å². The molecular weight excluding hydrogens is 240 g/mol. The lowest BCUT2D eigenvalue weighted by Crippen LogP contribution is -1.99. The third kappa shape index (κ3) is 2.40. The lowest BCUT2D eigenvalue weighted by Gasteiger charge is -1.98. The highest BCUT2D eigenvalue weighted by atomic mass is 16.5. The van der Waals surface area contributed by atoms with E-state index in [2.05, 4.69) is 27.4 Å². The maximum atomic E-state index is 5.12. The van der Waals surface area contributed by atoms with Crippen molar-refractivity contribution < 1.29 is 4.52 Å². The normalized spacial score (nSPS) is 10.8. The monoisotopic (exact) mass is 254 g/mol. The summed E-state index contributed by atoms with van der Waals surface area (Å²) in [6, 6.07) is 12.3. The molecule has 0 aliphatic rings. The molecule has 5 heteroatoms. The molecule has 0 unspecified atom stereocenters. The van der Waals surface area contributed by atoms with Gasteiger partial charge < -0.3 is 9.84 Å². The van der Waals surface area contributed by atoms with Gasteiger partial charge in [0.1, 0.15) is 5.69 Å². The van der Waals surface area contributed by atoms with E-state index in [4.69, 9.17) is 4.52 Å². The zero-order valence-electron chi connectivity index (χ0n) is 10.6. The van der Waals surface area contributed by atoms with Gasteiger partial charge in [-0.15, -0.1) is 0 Å². The Bertz CT molecular complexity index is 692. The van der Waals surface area contributed by atoms with Crippen LogP contribution in [0.2, 0.25) is 0 Å². The molecule has 5 nitrogen and oxygen atoms in total. The molecule has 19 heavy (non-hydrogen) atoms. The molecule has 0 aliphatic heterocycles. The number of nitrogens with zero attached hydrogens (tertiary/aromatic N) is 3. The number of anilines is 1. The van der Waals surface area contributed by atoms with Crippen molar-refractivity contribution in [3.63, 3.8) is 0 Å². The second-order valence-corrected chi connectivity index (χ2v) is 4.24. The standard InChI is InChI=1S/C14H14N4O/c1-2-9-15-14-17-13(18-19-14)12-8-7-10-5-3-4-6-11(10)16-12/h3-8H,2,9H2,1H3,(H,15,17,18). The Kier molecular flexibility index (Phi) is 3.10. The zero-order chi connectivity index (χ0) is 13.1. The lowest BCUT2D eigenvalue weighted by molar-refractivity contribution is 0.432. The summed E-state index contributed by atoms with van der Waals surface area (Å²) in [5.41, 5.74) is 1.64. The average Bonchev–Trinajstić information content (AvgIpc) is 2.93. The quantitative estimate of drug-likeness (QED) is 0.775. The summed E-state index contributed by atoms with van der Waals surface area (Å²) in [5.74, 6) is 0.504. The highest BCUT2D eigenvalue weighted by molar-refractivity contribution is 5.80. The van der Waals surface area contributed by atoms with Gasteiger partial charge in [0.2, 0.25) is 5.82 Å². The summed E-state index contributed by atoms with van der Waals surface area (Å²) < 4.78 is 5.12. The third-order valence-corrected chi connectivity index (χ3v) is 2.78. The Balaban J connectivity index is 1.92. The van der Waals surface area contributed by atoms with Gasteiger partial charge in [-0.25, -0.2) is 4.98 Å². The first-order valence-electron chi connectivity index (χ1n) is 6.30. The first-order chi connectivity index (χ1) is 9.36. The van der Waals surface area contributed by atoms with E-state index in [-0.39, 0.29) is 0 Å². The molecule has 0 bridgehead atoms. The summed E-state index contributed by atoms with van der Waals surface area (Å²) in [6.07, 6.45) is 1.01. The second-order valence-electron chi connectivity index (χ2n) is 4.24. The van der Waals surface area contributed by atoms with Gasteiger partial charge in [-0.2, -0.15) is 4.98 Å². The van der Waals surface area contributed by atoms with E-state index in [1.807, 2.05) is 36.4 Å². The molecule has 3 rings (SSSR count). The first-order valence-corrected chi connectivity index (χ1v) is 6.30. The molecule has 3 aromatic rings. The minimum Gasteiger partial charge on any atom is -0.338 e. The number of hydrogen-bond donors (Lipinski definition) is 1. The number of fused-ring (bicyclic) bond motifs is 1. The fraction of sp³-hybridized carbons (Fsp3) is 0.214. The van der Waals surface area contributed by atoms with Crippen LogP contribution in [0.3, 0.4) is 0 Å². The number of nitrogens with one attached hydrogen (secondary N) is 1. The molecule has 0 radical (unpaired) electrons. The van der Waals surface area contributed by atoms with Crippen LogP contribution in [0.4, 0.5) is 6.01 Å². The molecule has 0 saturated carbocycles. The van der Waals surface area contributed by atoms with Crippen molar-refractivity contribution in [3.8, 4) is 11.5 Å². The Hall–Kier alpha value is -2.43. The Morgan fingerprint density at radius 3 is 2.89 bits per heavy atom. The summed E-state index contributed by atoms with van der Waals surface area (Å²) in [4.78, 5) is 8.80. The van der Waals surface area contributed by atoms with Crippen LogP contribution in [0, 0.1) is 0 Å². The summed E-state index contributed by atoms with van der Waals surface area (Å²) in [7, 11) is 0. The minimum absolute atomic E-state index is 0.437. The zero-order valence-corrected chi connectivity index (χ0v) is 10.6. The summed E-state index contributed by atoms with van der Waals surface area (Å²) >= 11 is 0. The van der Waals surface area contributed by atoms with Crippen molar-refractivity contribution in [3.05, 3.63) is 36.4 Å². The minimum atomic E-state index is 0.437. The largest absolute Gasteiger partial charge is 0.338 e. The van der Waals surface area contributed by atoms with E-state index in [0.717, 1.165) is 23.9 Å². The van der Waals surface area contributed by atoms with Gasteiger partial charge in [0, 0.05) is 11.9 Å². The molecular formula is C14H14N4O. The lowest BCUT2D eigenvalue weighted by atomic mass is 10.2. The van der Waals surface area contributed by atoms with Crippen LogP contribution in [-0.2, 0) is 0 Å².